The quantitative estimate of drug-likeness (QED) is 0.237. The summed E-state index contributed by atoms with van der Waals surface area (Å²) in [4.78, 5) is 0. The second-order valence-electron chi connectivity index (χ2n) is 6.28. The van der Waals surface area contributed by atoms with Crippen molar-refractivity contribution < 1.29 is 37.0 Å². The van der Waals surface area contributed by atoms with E-state index in [0.717, 1.165) is 6.42 Å². The molecule has 1 unspecified atom stereocenters. The Balaban J connectivity index is 0.000000810. The molecule has 0 fully saturated rings. The monoisotopic (exact) mass is 517 g/mol. The summed E-state index contributed by atoms with van der Waals surface area (Å²) in [5.41, 5.74) is 9.05. The van der Waals surface area contributed by atoms with E-state index in [0.29, 0.717) is 3.67 Å². The summed E-state index contributed by atoms with van der Waals surface area (Å²) in [5, 5.41) is 0. The molecule has 2 aliphatic rings. The van der Waals surface area contributed by atoms with Crippen LogP contribution in [-0.2, 0) is 29.3 Å². The first-order valence-corrected chi connectivity index (χ1v) is 12.0. The maximum atomic E-state index is 2.45. The van der Waals surface area contributed by atoms with Crippen LogP contribution < -0.4 is 17.4 Å². The van der Waals surface area contributed by atoms with Gasteiger partial charge in [-0.05, 0) is 0 Å². The molecule has 0 amide bonds. The van der Waals surface area contributed by atoms with Gasteiger partial charge in [-0.2, -0.15) is 0 Å². The zero-order chi connectivity index (χ0) is 15.2. The molecule has 5 rings (SSSR count). The van der Waals surface area contributed by atoms with E-state index in [9.17, 15) is 0 Å². The van der Waals surface area contributed by atoms with Crippen LogP contribution in [-0.4, -0.2) is 0 Å². The smallest absolute Gasteiger partial charge is 1.00 e. The summed E-state index contributed by atoms with van der Waals surface area (Å²) in [7, 11) is 0. The molecule has 0 heterocycles. The molecule has 1 atom stereocenters. The molecule has 0 aromatic heterocycles. The Morgan fingerprint density at radius 3 is 2.35 bits per heavy atom. The van der Waals surface area contributed by atoms with Gasteiger partial charge in [0.1, 0.15) is 0 Å². The van der Waals surface area contributed by atoms with Gasteiger partial charge >= 0.3 is 149 Å². The minimum atomic E-state index is -0.954. The fourth-order valence-electron chi connectivity index (χ4n) is 3.84. The maximum absolute atomic E-state index is 2.45. The largest absolute Gasteiger partial charge is 1.00 e. The zero-order valence-electron chi connectivity index (χ0n) is 13.9. The van der Waals surface area contributed by atoms with Crippen molar-refractivity contribution in [2.45, 2.75) is 10.1 Å². The van der Waals surface area contributed by atoms with E-state index >= 15 is 0 Å². The molecular formula is C22H16F3Hf. The molecule has 26 heavy (non-hydrogen) atoms. The summed E-state index contributed by atoms with van der Waals surface area (Å²) in [6.45, 7) is 0. The molecule has 0 spiro atoms. The second-order valence-corrected chi connectivity index (χ2v) is 11.5. The van der Waals surface area contributed by atoms with Crippen molar-refractivity contribution in [1.82, 2.24) is 0 Å². The van der Waals surface area contributed by atoms with Crippen LogP contribution in [0.3, 0.4) is 0 Å². The third-order valence-corrected chi connectivity index (χ3v) is 10.7. The summed E-state index contributed by atoms with van der Waals surface area (Å²) in [5.74, 6) is 0. The molecule has 4 heteroatoms. The number of fused-ring (bicyclic) bond motifs is 4. The standard InChI is InChI=1S/C13H9.C9H7.3FH.Hf/c1-3-7-12-10(5-1)9-11-6-2-4-8-13(11)12;1-2-5-9-7-3-6-8(9)4-1;;;;/h1-5,7-8H,9H2;1-7H;3*1H;/q;;;;;+3/p-3. The normalized spacial score (nSPS) is 14.7. The Morgan fingerprint density at radius 1 is 0.731 bits per heavy atom. The third-order valence-electron chi connectivity index (χ3n) is 4.96. The fourth-order valence-corrected chi connectivity index (χ4v) is 9.35. The summed E-state index contributed by atoms with van der Waals surface area (Å²) in [6, 6.07) is 24.8. The first-order valence-electron chi connectivity index (χ1n) is 8.14. The first-order chi connectivity index (χ1) is 11.4. The number of benzene rings is 3. The number of allylic oxidation sites excluding steroid dienone is 1. The topological polar surface area (TPSA) is 0 Å². The number of halogens is 3. The Kier molecular flexibility index (Phi) is 6.40. The van der Waals surface area contributed by atoms with E-state index in [4.69, 9.17) is 0 Å². The van der Waals surface area contributed by atoms with Crippen molar-refractivity contribution in [2.24, 2.45) is 0 Å². The average Bonchev–Trinajstić information content (AvgIpc) is 3.17. The SMILES string of the molecule is C1=C[CH]([Hf+3][c]2cccc3c2Cc2ccccc2-3)c2ccccc21.[F-].[F-].[F-]. The Hall–Kier alpha value is -1.94. The molecule has 3 aromatic carbocycles. The molecule has 0 saturated carbocycles. The van der Waals surface area contributed by atoms with Gasteiger partial charge < -0.3 is 14.1 Å². The predicted molar refractivity (Wildman–Crippen MR) is 92.5 cm³/mol. The van der Waals surface area contributed by atoms with Gasteiger partial charge in [-0.3, -0.25) is 0 Å². The molecule has 0 bridgehead atoms. The Labute approximate surface area is 162 Å². The second kappa shape index (κ2) is 8.17. The van der Waals surface area contributed by atoms with Gasteiger partial charge in [0.15, 0.2) is 0 Å². The first kappa shape index (κ1) is 20.4. The number of hydrogen-bond donors (Lipinski definition) is 0. The minimum absolute atomic E-state index is 0. The minimum Gasteiger partial charge on any atom is -1.00 e. The van der Waals surface area contributed by atoms with Crippen molar-refractivity contribution in [3.05, 3.63) is 95.1 Å². The van der Waals surface area contributed by atoms with Crippen molar-refractivity contribution in [3.8, 4) is 11.1 Å². The third kappa shape index (κ3) is 3.23. The van der Waals surface area contributed by atoms with Crippen molar-refractivity contribution in [1.29, 1.82) is 0 Å². The van der Waals surface area contributed by atoms with Crippen LogP contribution in [0.15, 0.2) is 72.8 Å². The van der Waals surface area contributed by atoms with Crippen molar-refractivity contribution in [3.63, 3.8) is 0 Å². The molecule has 129 valence electrons. The summed E-state index contributed by atoms with van der Waals surface area (Å²) >= 11 is -0.954. The molecule has 3 aromatic rings. The van der Waals surface area contributed by atoms with Crippen LogP contribution >= 0.6 is 0 Å². The molecule has 0 nitrogen and oxygen atoms in total. The van der Waals surface area contributed by atoms with E-state index in [2.05, 4.69) is 78.9 Å². The summed E-state index contributed by atoms with van der Waals surface area (Å²) < 4.78 is 2.41. The van der Waals surface area contributed by atoms with E-state index < -0.39 is 22.9 Å². The van der Waals surface area contributed by atoms with E-state index in [1.807, 2.05) is 0 Å². The molecule has 2 aliphatic carbocycles. The predicted octanol–water partition coefficient (Wildman–Crippen LogP) is -4.25. The zero-order valence-corrected chi connectivity index (χ0v) is 17.5. The molecule has 0 aliphatic heterocycles. The van der Waals surface area contributed by atoms with Gasteiger partial charge in [-0.25, -0.2) is 0 Å². The van der Waals surface area contributed by atoms with E-state index in [1.165, 1.54) is 22.3 Å². The van der Waals surface area contributed by atoms with Gasteiger partial charge in [0.2, 0.25) is 0 Å². The Bertz CT molecular complexity index is 950. The average molecular weight is 516 g/mol. The van der Waals surface area contributed by atoms with Crippen molar-refractivity contribution in [2.75, 3.05) is 0 Å². The van der Waals surface area contributed by atoms with Gasteiger partial charge in [0, 0.05) is 0 Å². The van der Waals surface area contributed by atoms with Gasteiger partial charge in [-0.15, -0.1) is 0 Å². The van der Waals surface area contributed by atoms with Crippen LogP contribution in [0.4, 0.5) is 0 Å². The summed E-state index contributed by atoms with van der Waals surface area (Å²) in [6.07, 6.45) is 5.91. The molecule has 0 N–H and O–H groups in total. The number of rotatable bonds is 2. The van der Waals surface area contributed by atoms with Gasteiger partial charge in [0.05, 0.1) is 0 Å². The fraction of sp³-hybridized carbons (Fsp3) is 0.0909. The van der Waals surface area contributed by atoms with Gasteiger partial charge in [-0.1, -0.05) is 0 Å². The van der Waals surface area contributed by atoms with Gasteiger partial charge in [0.25, 0.3) is 0 Å². The number of hydrogen-bond acceptors (Lipinski definition) is 0. The van der Waals surface area contributed by atoms with Crippen LogP contribution in [0.2, 0.25) is 0 Å². The molecular weight excluding hydrogens is 500 g/mol. The van der Waals surface area contributed by atoms with Crippen LogP contribution in [0.25, 0.3) is 17.2 Å². The Morgan fingerprint density at radius 2 is 1.46 bits per heavy atom. The molecule has 0 radical (unpaired) electrons. The van der Waals surface area contributed by atoms with E-state index in [-0.39, 0.29) is 14.1 Å². The maximum Gasteiger partial charge on any atom is -1.00 e. The van der Waals surface area contributed by atoms with Crippen LogP contribution in [0.5, 0.6) is 0 Å². The van der Waals surface area contributed by atoms with Crippen LogP contribution in [0.1, 0.15) is 25.9 Å². The molecule has 0 saturated heterocycles. The van der Waals surface area contributed by atoms with E-state index in [1.54, 1.807) is 14.4 Å². The van der Waals surface area contributed by atoms with Crippen LogP contribution in [0, 0.1) is 0 Å². The van der Waals surface area contributed by atoms with Crippen molar-refractivity contribution >= 4 is 9.40 Å².